The fourth-order valence-corrected chi connectivity index (χ4v) is 1.76. The highest BCUT2D eigenvalue weighted by atomic mass is 79.9. The fourth-order valence-electron chi connectivity index (χ4n) is 0.876. The third-order valence-corrected chi connectivity index (χ3v) is 3.42. The van der Waals surface area contributed by atoms with Gasteiger partial charge in [-0.3, -0.25) is 4.72 Å². The Kier molecular flexibility index (Phi) is 3.66. The molecule has 0 aliphatic carbocycles. The number of halogens is 1. The normalized spacial score (nSPS) is 10.7. The lowest BCUT2D eigenvalue weighted by Gasteiger charge is -2.05. The zero-order valence-corrected chi connectivity index (χ0v) is 10.3. The maximum Gasteiger partial charge on any atom is 0.247 e. The molecule has 0 saturated carbocycles. The average Bonchev–Trinajstić information content (AvgIpc) is 2.10. The van der Waals surface area contributed by atoms with Gasteiger partial charge in [0.2, 0.25) is 10.0 Å². The third-order valence-electron chi connectivity index (χ3n) is 1.56. The average molecular weight is 290 g/mol. The molecule has 1 aromatic rings. The molecular weight excluding hydrogens is 282 g/mol. The van der Waals surface area contributed by atoms with Crippen molar-refractivity contribution in [3.63, 3.8) is 0 Å². The van der Waals surface area contributed by atoms with Crippen LogP contribution < -0.4 is 4.72 Å². The van der Waals surface area contributed by atoms with Crippen molar-refractivity contribution in [3.8, 4) is 6.07 Å². The highest BCUT2D eigenvalue weighted by Crippen LogP contribution is 2.17. The van der Waals surface area contributed by atoms with Crippen molar-refractivity contribution in [2.45, 2.75) is 6.92 Å². The lowest BCUT2D eigenvalue weighted by Crippen LogP contribution is -2.16. The highest BCUT2D eigenvalue weighted by Gasteiger charge is 2.10. The van der Waals surface area contributed by atoms with Crippen LogP contribution in [0.3, 0.4) is 0 Å². The molecule has 1 N–H and O–H groups in total. The Balaban J connectivity index is 2.92. The number of nitrogens with zero attached hydrogens (tertiary/aromatic N) is 2. The number of hydrogen-bond donors (Lipinski definition) is 1. The van der Waals surface area contributed by atoms with E-state index < -0.39 is 15.8 Å². The highest BCUT2D eigenvalue weighted by molar-refractivity contribution is 9.10. The van der Waals surface area contributed by atoms with E-state index in [2.05, 4.69) is 25.6 Å². The van der Waals surface area contributed by atoms with Crippen LogP contribution in [0.25, 0.3) is 0 Å². The van der Waals surface area contributed by atoms with E-state index in [-0.39, 0.29) is 5.82 Å². The van der Waals surface area contributed by atoms with Gasteiger partial charge in [-0.2, -0.15) is 5.26 Å². The molecule has 0 radical (unpaired) electrons. The lowest BCUT2D eigenvalue weighted by atomic mass is 10.3. The Morgan fingerprint density at radius 2 is 2.33 bits per heavy atom. The van der Waals surface area contributed by atoms with E-state index in [4.69, 9.17) is 5.26 Å². The Morgan fingerprint density at radius 1 is 1.67 bits per heavy atom. The van der Waals surface area contributed by atoms with Gasteiger partial charge in [0.15, 0.2) is 5.75 Å². The van der Waals surface area contributed by atoms with E-state index >= 15 is 0 Å². The molecule has 0 aromatic carbocycles. The summed E-state index contributed by atoms with van der Waals surface area (Å²) in [5, 5.41) is 8.28. The number of rotatable bonds is 3. The first-order valence-corrected chi connectivity index (χ1v) is 6.39. The van der Waals surface area contributed by atoms with E-state index in [0.29, 0.717) is 0 Å². The van der Waals surface area contributed by atoms with Gasteiger partial charge in [-0.05, 0) is 34.5 Å². The molecule has 15 heavy (non-hydrogen) atoms. The van der Waals surface area contributed by atoms with Crippen LogP contribution in [0.5, 0.6) is 0 Å². The second kappa shape index (κ2) is 4.59. The summed E-state index contributed by atoms with van der Waals surface area (Å²) in [7, 11) is -3.60. The standard InChI is InChI=1S/C8H8BrN3O2S/c1-6-4-8(11-5-7(6)9)12-15(13,14)3-2-10/h4-5H,3H2,1H3,(H,11,12). The van der Waals surface area contributed by atoms with Crippen molar-refractivity contribution in [1.82, 2.24) is 4.98 Å². The van der Waals surface area contributed by atoms with Crippen molar-refractivity contribution in [3.05, 3.63) is 22.3 Å². The van der Waals surface area contributed by atoms with Crippen LogP contribution in [-0.2, 0) is 10.0 Å². The van der Waals surface area contributed by atoms with Gasteiger partial charge in [0.25, 0.3) is 0 Å². The Hall–Kier alpha value is -1.13. The van der Waals surface area contributed by atoms with Gasteiger partial charge < -0.3 is 0 Å². The van der Waals surface area contributed by atoms with Crippen LogP contribution in [0, 0.1) is 18.3 Å². The van der Waals surface area contributed by atoms with Gasteiger partial charge in [0, 0.05) is 10.7 Å². The summed E-state index contributed by atoms with van der Waals surface area (Å²) in [5.41, 5.74) is 0.861. The molecule has 1 heterocycles. The van der Waals surface area contributed by atoms with Crippen LogP contribution >= 0.6 is 15.9 Å². The smallest absolute Gasteiger partial charge is 0.247 e. The predicted octanol–water partition coefficient (Wildman–Crippen LogP) is 1.42. The van der Waals surface area contributed by atoms with E-state index in [0.717, 1.165) is 10.0 Å². The molecule has 0 aliphatic heterocycles. The summed E-state index contributed by atoms with van der Waals surface area (Å²) in [6.07, 6.45) is 1.50. The predicted molar refractivity (Wildman–Crippen MR) is 59.7 cm³/mol. The van der Waals surface area contributed by atoms with Crippen LogP contribution in [0.15, 0.2) is 16.7 Å². The molecule has 0 aliphatic rings. The summed E-state index contributed by atoms with van der Waals surface area (Å²) in [4.78, 5) is 3.86. The molecule has 0 atom stereocenters. The van der Waals surface area contributed by atoms with Crippen LogP contribution in [0.4, 0.5) is 5.82 Å². The Morgan fingerprint density at radius 3 is 2.87 bits per heavy atom. The number of sulfonamides is 1. The summed E-state index contributed by atoms with van der Waals surface area (Å²) in [5.74, 6) is -0.366. The van der Waals surface area contributed by atoms with Crippen LogP contribution in [-0.4, -0.2) is 19.2 Å². The van der Waals surface area contributed by atoms with E-state index in [1.807, 2.05) is 6.92 Å². The first-order chi connectivity index (χ1) is 6.94. The second-order valence-electron chi connectivity index (χ2n) is 2.84. The summed E-state index contributed by atoms with van der Waals surface area (Å²) < 4.78 is 25.4. The summed E-state index contributed by atoms with van der Waals surface area (Å²) in [6.45, 7) is 1.81. The molecule has 0 saturated heterocycles. The Bertz CT molecular complexity index is 507. The van der Waals surface area contributed by atoms with Gasteiger partial charge >= 0.3 is 0 Å². The number of aryl methyl sites for hydroxylation is 1. The molecular formula is C8H8BrN3O2S. The van der Waals surface area contributed by atoms with E-state index in [1.165, 1.54) is 6.20 Å². The minimum absolute atomic E-state index is 0.214. The van der Waals surface area contributed by atoms with E-state index in [1.54, 1.807) is 12.1 Å². The fraction of sp³-hybridized carbons (Fsp3) is 0.250. The molecule has 1 rings (SSSR count). The topological polar surface area (TPSA) is 82.9 Å². The minimum Gasteiger partial charge on any atom is -0.266 e. The van der Waals surface area contributed by atoms with Crippen LogP contribution in [0.1, 0.15) is 5.56 Å². The number of hydrogen-bond acceptors (Lipinski definition) is 4. The third kappa shape index (κ3) is 3.49. The molecule has 0 unspecified atom stereocenters. The maximum absolute atomic E-state index is 11.2. The van der Waals surface area contributed by atoms with Gasteiger partial charge in [0.1, 0.15) is 5.82 Å². The number of nitriles is 1. The zero-order chi connectivity index (χ0) is 11.5. The number of aromatic nitrogens is 1. The SMILES string of the molecule is Cc1cc(NS(=O)(=O)CC#N)ncc1Br. The molecule has 0 spiro atoms. The van der Waals surface area contributed by atoms with E-state index in [9.17, 15) is 8.42 Å². The summed E-state index contributed by atoms with van der Waals surface area (Å²) >= 11 is 3.25. The monoisotopic (exact) mass is 289 g/mol. The molecule has 5 nitrogen and oxygen atoms in total. The van der Waals surface area contributed by atoms with Gasteiger partial charge in [-0.25, -0.2) is 13.4 Å². The van der Waals surface area contributed by atoms with Gasteiger partial charge in [-0.15, -0.1) is 0 Å². The summed E-state index contributed by atoms with van der Waals surface area (Å²) in [6, 6.07) is 3.15. The van der Waals surface area contributed by atoms with Crippen molar-refractivity contribution >= 4 is 31.8 Å². The van der Waals surface area contributed by atoms with Crippen molar-refractivity contribution in [2.75, 3.05) is 10.5 Å². The van der Waals surface area contributed by atoms with Crippen molar-refractivity contribution in [1.29, 1.82) is 5.26 Å². The van der Waals surface area contributed by atoms with Crippen LogP contribution in [0.2, 0.25) is 0 Å². The molecule has 0 fully saturated rings. The van der Waals surface area contributed by atoms with Crippen molar-refractivity contribution < 1.29 is 8.42 Å². The zero-order valence-electron chi connectivity index (χ0n) is 7.86. The second-order valence-corrected chi connectivity index (χ2v) is 5.41. The Labute approximate surface area is 96.3 Å². The van der Waals surface area contributed by atoms with Gasteiger partial charge in [-0.1, -0.05) is 0 Å². The quantitative estimate of drug-likeness (QED) is 0.912. The molecule has 80 valence electrons. The maximum atomic E-state index is 11.2. The minimum atomic E-state index is -3.60. The molecule has 0 amide bonds. The number of pyridine rings is 1. The lowest BCUT2D eigenvalue weighted by molar-refractivity contribution is 0.604. The van der Waals surface area contributed by atoms with Crippen molar-refractivity contribution in [2.24, 2.45) is 0 Å². The molecule has 0 bridgehead atoms. The largest absolute Gasteiger partial charge is 0.266 e. The number of nitrogens with one attached hydrogen (secondary N) is 1. The molecule has 7 heteroatoms. The first-order valence-electron chi connectivity index (χ1n) is 3.94. The first kappa shape index (κ1) is 11.9. The molecule has 1 aromatic heterocycles. The van der Waals surface area contributed by atoms with Gasteiger partial charge in [0.05, 0.1) is 6.07 Å². The number of anilines is 1.